The maximum absolute atomic E-state index is 9.38. The van der Waals surface area contributed by atoms with E-state index in [2.05, 4.69) is 58.7 Å². The molecule has 2 heteroatoms. The summed E-state index contributed by atoms with van der Waals surface area (Å²) in [5.41, 5.74) is 5.18. The van der Waals surface area contributed by atoms with Crippen molar-refractivity contribution in [3.63, 3.8) is 0 Å². The Balaban J connectivity index is 2.96. The van der Waals surface area contributed by atoms with E-state index in [0.29, 0.717) is 0 Å². The summed E-state index contributed by atoms with van der Waals surface area (Å²) >= 11 is 0. The van der Waals surface area contributed by atoms with Crippen LogP contribution in [0.1, 0.15) is 36.1 Å². The van der Waals surface area contributed by atoms with Gasteiger partial charge in [0.05, 0.1) is 6.61 Å². The summed E-state index contributed by atoms with van der Waals surface area (Å²) < 4.78 is 0. The molecule has 0 saturated carbocycles. The number of aliphatic hydroxyl groups excluding tert-OH is 1. The van der Waals surface area contributed by atoms with Crippen LogP contribution in [0.25, 0.3) is 0 Å². The molecule has 0 bridgehead atoms. The van der Waals surface area contributed by atoms with Crippen LogP contribution >= 0.6 is 0 Å². The lowest BCUT2D eigenvalue weighted by atomic mass is 9.97. The molecule has 0 unspecified atom stereocenters. The molecule has 0 aliphatic heterocycles. The highest BCUT2D eigenvalue weighted by Gasteiger charge is 2.23. The first kappa shape index (κ1) is 14.2. The van der Waals surface area contributed by atoms with E-state index in [4.69, 9.17) is 0 Å². The van der Waals surface area contributed by atoms with E-state index in [1.165, 1.54) is 22.3 Å². The second-order valence-corrected chi connectivity index (χ2v) is 5.70. The van der Waals surface area contributed by atoms with E-state index < -0.39 is 0 Å². The molecule has 1 aromatic rings. The summed E-state index contributed by atoms with van der Waals surface area (Å²) in [6, 6.07) is 4.45. The highest BCUT2D eigenvalue weighted by atomic mass is 16.3. The normalized spacial score (nSPS) is 12.2. The Morgan fingerprint density at radius 1 is 1.12 bits per heavy atom. The molecule has 0 aromatic heterocycles. The van der Waals surface area contributed by atoms with Crippen LogP contribution in [-0.2, 0) is 6.54 Å². The predicted molar refractivity (Wildman–Crippen MR) is 73.3 cm³/mol. The molecule has 0 heterocycles. The van der Waals surface area contributed by atoms with Crippen molar-refractivity contribution in [2.45, 2.75) is 46.7 Å². The van der Waals surface area contributed by atoms with E-state index in [1.807, 2.05) is 0 Å². The van der Waals surface area contributed by atoms with Crippen LogP contribution in [-0.4, -0.2) is 29.2 Å². The zero-order valence-corrected chi connectivity index (χ0v) is 12.0. The van der Waals surface area contributed by atoms with Gasteiger partial charge in [0.2, 0.25) is 0 Å². The van der Waals surface area contributed by atoms with Crippen molar-refractivity contribution in [2.75, 3.05) is 13.7 Å². The maximum Gasteiger partial charge on any atom is 0.0610 e. The average molecular weight is 235 g/mol. The van der Waals surface area contributed by atoms with Crippen LogP contribution in [0.15, 0.2) is 12.1 Å². The van der Waals surface area contributed by atoms with Crippen molar-refractivity contribution >= 4 is 0 Å². The van der Waals surface area contributed by atoms with Crippen LogP contribution in [0.3, 0.4) is 0 Å². The minimum atomic E-state index is -0.177. The van der Waals surface area contributed by atoms with Gasteiger partial charge in [-0.2, -0.15) is 0 Å². The number of rotatable bonds is 4. The van der Waals surface area contributed by atoms with Gasteiger partial charge in [0.25, 0.3) is 0 Å². The monoisotopic (exact) mass is 235 g/mol. The average Bonchev–Trinajstić information content (AvgIpc) is 2.22. The van der Waals surface area contributed by atoms with Gasteiger partial charge in [-0.15, -0.1) is 0 Å². The molecule has 0 radical (unpaired) electrons. The summed E-state index contributed by atoms with van der Waals surface area (Å²) in [5.74, 6) is 0. The van der Waals surface area contributed by atoms with Crippen molar-refractivity contribution in [2.24, 2.45) is 0 Å². The van der Waals surface area contributed by atoms with Gasteiger partial charge in [0, 0.05) is 12.1 Å². The fourth-order valence-electron chi connectivity index (χ4n) is 2.03. The molecule has 1 rings (SSSR count). The SMILES string of the molecule is Cc1cc(C)c(CN(C)C(C)(C)CO)c(C)c1. The maximum atomic E-state index is 9.38. The van der Waals surface area contributed by atoms with Gasteiger partial charge in [0.1, 0.15) is 0 Å². The highest BCUT2D eigenvalue weighted by Crippen LogP contribution is 2.21. The van der Waals surface area contributed by atoms with E-state index >= 15 is 0 Å². The molecule has 96 valence electrons. The Labute approximate surface area is 105 Å². The molecular weight excluding hydrogens is 210 g/mol. The fourth-order valence-corrected chi connectivity index (χ4v) is 2.03. The van der Waals surface area contributed by atoms with Crippen LogP contribution in [0, 0.1) is 20.8 Å². The Kier molecular flexibility index (Phi) is 4.34. The largest absolute Gasteiger partial charge is 0.394 e. The lowest BCUT2D eigenvalue weighted by molar-refractivity contribution is 0.0731. The molecule has 0 atom stereocenters. The number of likely N-dealkylation sites (N-methyl/N-ethyl adjacent to an activating group) is 1. The number of nitrogens with zero attached hydrogens (tertiary/aromatic N) is 1. The zero-order valence-electron chi connectivity index (χ0n) is 12.0. The predicted octanol–water partition coefficient (Wildman–Crippen LogP) is 2.81. The number of hydrogen-bond donors (Lipinski definition) is 1. The summed E-state index contributed by atoms with van der Waals surface area (Å²) in [7, 11) is 2.06. The lowest BCUT2D eigenvalue weighted by Gasteiger charge is -2.34. The van der Waals surface area contributed by atoms with Crippen molar-refractivity contribution in [3.05, 3.63) is 34.4 Å². The molecule has 0 aliphatic rings. The third-order valence-corrected chi connectivity index (χ3v) is 3.66. The van der Waals surface area contributed by atoms with Gasteiger partial charge in [-0.05, 0) is 58.4 Å². The summed E-state index contributed by atoms with van der Waals surface area (Å²) in [6.45, 7) is 11.6. The van der Waals surface area contributed by atoms with Crippen LogP contribution < -0.4 is 0 Å². The summed E-state index contributed by atoms with van der Waals surface area (Å²) in [4.78, 5) is 2.21. The number of aryl methyl sites for hydroxylation is 3. The third-order valence-electron chi connectivity index (χ3n) is 3.66. The van der Waals surface area contributed by atoms with Crippen LogP contribution in [0.5, 0.6) is 0 Å². The quantitative estimate of drug-likeness (QED) is 0.867. The standard InChI is InChI=1S/C15H25NO/c1-11-7-12(2)14(13(3)8-11)9-16(6)15(4,5)10-17/h7-8,17H,9-10H2,1-6H3. The van der Waals surface area contributed by atoms with Crippen LogP contribution in [0.2, 0.25) is 0 Å². The van der Waals surface area contributed by atoms with E-state index in [1.54, 1.807) is 0 Å². The Hall–Kier alpha value is -0.860. The molecule has 0 spiro atoms. The minimum Gasteiger partial charge on any atom is -0.394 e. The van der Waals surface area contributed by atoms with E-state index in [-0.39, 0.29) is 12.1 Å². The number of aliphatic hydroxyl groups is 1. The molecule has 0 saturated heterocycles. The van der Waals surface area contributed by atoms with Gasteiger partial charge in [-0.25, -0.2) is 0 Å². The molecule has 0 fully saturated rings. The Bertz CT molecular complexity index is 373. The minimum absolute atomic E-state index is 0.174. The molecule has 0 amide bonds. The first-order valence-electron chi connectivity index (χ1n) is 6.17. The number of benzene rings is 1. The molecule has 2 nitrogen and oxygen atoms in total. The smallest absolute Gasteiger partial charge is 0.0610 e. The fraction of sp³-hybridized carbons (Fsp3) is 0.600. The molecule has 1 aromatic carbocycles. The van der Waals surface area contributed by atoms with Gasteiger partial charge in [-0.1, -0.05) is 17.7 Å². The zero-order chi connectivity index (χ0) is 13.2. The van der Waals surface area contributed by atoms with Gasteiger partial charge in [-0.3, -0.25) is 4.90 Å². The van der Waals surface area contributed by atoms with Gasteiger partial charge in [0.15, 0.2) is 0 Å². The Morgan fingerprint density at radius 3 is 2.00 bits per heavy atom. The topological polar surface area (TPSA) is 23.5 Å². The van der Waals surface area contributed by atoms with Crippen molar-refractivity contribution in [3.8, 4) is 0 Å². The Morgan fingerprint density at radius 2 is 1.59 bits per heavy atom. The highest BCUT2D eigenvalue weighted by molar-refractivity contribution is 5.37. The first-order valence-corrected chi connectivity index (χ1v) is 6.17. The molecule has 0 aliphatic carbocycles. The second-order valence-electron chi connectivity index (χ2n) is 5.70. The number of hydrogen-bond acceptors (Lipinski definition) is 2. The summed E-state index contributed by atoms with van der Waals surface area (Å²) in [6.07, 6.45) is 0. The molecular formula is C15H25NO. The molecule has 17 heavy (non-hydrogen) atoms. The second kappa shape index (κ2) is 5.19. The van der Waals surface area contributed by atoms with Crippen molar-refractivity contribution in [1.29, 1.82) is 0 Å². The molecule has 1 N–H and O–H groups in total. The lowest BCUT2D eigenvalue weighted by Crippen LogP contribution is -2.43. The van der Waals surface area contributed by atoms with Gasteiger partial charge >= 0.3 is 0 Å². The van der Waals surface area contributed by atoms with Crippen LogP contribution in [0.4, 0.5) is 0 Å². The van der Waals surface area contributed by atoms with Crippen molar-refractivity contribution in [1.82, 2.24) is 4.90 Å². The first-order chi connectivity index (χ1) is 7.77. The third kappa shape index (κ3) is 3.30. The van der Waals surface area contributed by atoms with Gasteiger partial charge < -0.3 is 5.11 Å². The summed E-state index contributed by atoms with van der Waals surface area (Å²) in [5, 5.41) is 9.38. The van der Waals surface area contributed by atoms with Crippen molar-refractivity contribution < 1.29 is 5.11 Å². The van der Waals surface area contributed by atoms with E-state index in [0.717, 1.165) is 6.54 Å². The van der Waals surface area contributed by atoms with E-state index in [9.17, 15) is 5.11 Å².